The van der Waals surface area contributed by atoms with Crippen molar-refractivity contribution in [1.82, 2.24) is 25.5 Å². The quantitative estimate of drug-likeness (QED) is 0.222. The van der Waals surface area contributed by atoms with Crippen molar-refractivity contribution < 1.29 is 0 Å². The van der Waals surface area contributed by atoms with Gasteiger partial charge >= 0.3 is 0 Å². The Morgan fingerprint density at radius 1 is 0.900 bits per heavy atom. The number of fused-ring (bicyclic) bond motifs is 1. The van der Waals surface area contributed by atoms with Crippen LogP contribution in [-0.4, -0.2) is 34.7 Å². The van der Waals surface area contributed by atoms with Gasteiger partial charge in [0.05, 0.1) is 29.3 Å². The van der Waals surface area contributed by atoms with Crippen LogP contribution >= 0.6 is 0 Å². The summed E-state index contributed by atoms with van der Waals surface area (Å²) in [6, 6.07) is 29.8. The molecule has 0 aliphatic heterocycles. The average Bonchev–Trinajstić information content (AvgIpc) is 3.02. The van der Waals surface area contributed by atoms with Gasteiger partial charge in [-0.2, -0.15) is 0 Å². The number of aliphatic imine (C=N–C) groups is 1. The molecular weight excluding hydrogens is 492 g/mol. The summed E-state index contributed by atoms with van der Waals surface area (Å²) in [5.41, 5.74) is 8.33. The van der Waals surface area contributed by atoms with Gasteiger partial charge in [-0.1, -0.05) is 66.7 Å². The van der Waals surface area contributed by atoms with E-state index in [1.807, 2.05) is 68.3 Å². The highest BCUT2D eigenvalue weighted by Gasteiger charge is 2.26. The molecule has 2 aromatic heterocycles. The minimum absolute atomic E-state index is 0.276. The number of nitrogens with one attached hydrogen (secondary N) is 2. The van der Waals surface area contributed by atoms with Gasteiger partial charge in [0.25, 0.3) is 0 Å². The first kappa shape index (κ1) is 27.4. The lowest BCUT2D eigenvalue weighted by Crippen LogP contribution is -2.33. The van der Waals surface area contributed by atoms with Crippen LogP contribution in [0.2, 0.25) is 0 Å². The van der Waals surface area contributed by atoms with Crippen LogP contribution < -0.4 is 10.6 Å². The van der Waals surface area contributed by atoms with Crippen LogP contribution in [0.15, 0.2) is 109 Å². The molecule has 6 nitrogen and oxygen atoms in total. The molecule has 0 bridgehead atoms. The van der Waals surface area contributed by atoms with Gasteiger partial charge in [-0.3, -0.25) is 19.9 Å². The molecule has 1 aliphatic carbocycles. The third-order valence-electron chi connectivity index (χ3n) is 7.36. The Labute approximate surface area is 237 Å². The molecule has 0 saturated carbocycles. The zero-order valence-corrected chi connectivity index (χ0v) is 23.2. The van der Waals surface area contributed by atoms with Crippen LogP contribution in [-0.2, 0) is 26.1 Å². The second-order valence-electron chi connectivity index (χ2n) is 10.1. The maximum Gasteiger partial charge on any atom is 0.0607 e. The first-order valence-electron chi connectivity index (χ1n) is 14.1. The molecule has 1 unspecified atom stereocenters. The van der Waals surface area contributed by atoms with Crippen molar-refractivity contribution in [1.29, 1.82) is 0 Å². The van der Waals surface area contributed by atoms with Crippen LogP contribution in [0.4, 0.5) is 0 Å². The number of benzene rings is 2. The minimum atomic E-state index is 0.276. The molecule has 2 aromatic carbocycles. The Bertz CT molecular complexity index is 1380. The predicted molar refractivity (Wildman–Crippen MR) is 164 cm³/mol. The van der Waals surface area contributed by atoms with Crippen molar-refractivity contribution in [3.63, 3.8) is 0 Å². The largest absolute Gasteiger partial charge is 0.386 e. The highest BCUT2D eigenvalue weighted by Crippen LogP contribution is 2.33. The molecule has 5 rings (SSSR count). The van der Waals surface area contributed by atoms with E-state index < -0.39 is 0 Å². The van der Waals surface area contributed by atoms with Crippen LogP contribution in [0.25, 0.3) is 5.70 Å². The fourth-order valence-corrected chi connectivity index (χ4v) is 5.26. The van der Waals surface area contributed by atoms with Gasteiger partial charge < -0.3 is 10.6 Å². The first-order chi connectivity index (χ1) is 19.8. The van der Waals surface area contributed by atoms with Crippen LogP contribution in [0.1, 0.15) is 52.5 Å². The molecule has 204 valence electrons. The van der Waals surface area contributed by atoms with E-state index in [4.69, 9.17) is 9.98 Å². The van der Waals surface area contributed by atoms with Crippen LogP contribution in [0.3, 0.4) is 0 Å². The summed E-state index contributed by atoms with van der Waals surface area (Å²) >= 11 is 0. The van der Waals surface area contributed by atoms with Crippen molar-refractivity contribution in [2.24, 2.45) is 4.99 Å². The van der Waals surface area contributed by atoms with Gasteiger partial charge in [0, 0.05) is 51.8 Å². The lowest BCUT2D eigenvalue weighted by Gasteiger charge is -2.34. The molecule has 0 radical (unpaired) electrons. The van der Waals surface area contributed by atoms with Gasteiger partial charge in [0.2, 0.25) is 0 Å². The molecule has 4 aromatic rings. The third kappa shape index (κ3) is 7.50. The summed E-state index contributed by atoms with van der Waals surface area (Å²) in [7, 11) is 1.93. The van der Waals surface area contributed by atoms with Crippen LogP contribution in [0.5, 0.6) is 0 Å². The summed E-state index contributed by atoms with van der Waals surface area (Å²) in [6.07, 6.45) is 11.1. The van der Waals surface area contributed by atoms with E-state index in [2.05, 4.69) is 69.0 Å². The molecule has 0 saturated heterocycles. The van der Waals surface area contributed by atoms with Gasteiger partial charge in [0.15, 0.2) is 0 Å². The van der Waals surface area contributed by atoms with Crippen molar-refractivity contribution in [2.45, 2.75) is 44.9 Å². The van der Waals surface area contributed by atoms with Crippen molar-refractivity contribution in [3.8, 4) is 0 Å². The van der Waals surface area contributed by atoms with E-state index >= 15 is 0 Å². The molecule has 1 atom stereocenters. The monoisotopic (exact) mass is 530 g/mol. The van der Waals surface area contributed by atoms with Crippen molar-refractivity contribution >= 4 is 11.9 Å². The normalized spacial score (nSPS) is 15.3. The summed E-state index contributed by atoms with van der Waals surface area (Å²) < 4.78 is 0. The summed E-state index contributed by atoms with van der Waals surface area (Å²) in [4.78, 5) is 16.4. The third-order valence-corrected chi connectivity index (χ3v) is 7.36. The summed E-state index contributed by atoms with van der Waals surface area (Å²) in [5, 5.41) is 6.76. The van der Waals surface area contributed by atoms with Gasteiger partial charge in [0.1, 0.15) is 0 Å². The van der Waals surface area contributed by atoms with E-state index in [1.54, 1.807) is 0 Å². The molecule has 1 aliphatic rings. The zero-order valence-electron chi connectivity index (χ0n) is 23.2. The number of pyridine rings is 2. The lowest BCUT2D eigenvalue weighted by atomic mass is 9.90. The lowest BCUT2D eigenvalue weighted by molar-refractivity contribution is 0.193. The Morgan fingerprint density at radius 2 is 1.70 bits per heavy atom. The Hall–Kier alpha value is -4.13. The topological polar surface area (TPSA) is 65.4 Å². The van der Waals surface area contributed by atoms with E-state index in [9.17, 15) is 0 Å². The summed E-state index contributed by atoms with van der Waals surface area (Å²) in [6.45, 7) is 3.17. The Morgan fingerprint density at radius 3 is 2.50 bits per heavy atom. The fraction of sp³-hybridized carbons (Fsp3) is 0.265. The fourth-order valence-electron chi connectivity index (χ4n) is 5.26. The maximum atomic E-state index is 4.82. The maximum absolute atomic E-state index is 4.82. The van der Waals surface area contributed by atoms with Crippen molar-refractivity contribution in [2.75, 3.05) is 13.6 Å². The number of hydrogen-bond donors (Lipinski definition) is 2. The van der Waals surface area contributed by atoms with Gasteiger partial charge in [-0.25, -0.2) is 0 Å². The highest BCUT2D eigenvalue weighted by molar-refractivity contribution is 5.67. The number of aryl methyl sites for hydroxylation is 1. The van der Waals surface area contributed by atoms with E-state index in [0.717, 1.165) is 56.0 Å². The number of aromatic nitrogens is 2. The van der Waals surface area contributed by atoms with E-state index in [1.165, 1.54) is 28.8 Å². The molecule has 0 spiro atoms. The molecule has 2 heterocycles. The molecular formula is C34H38N6. The minimum Gasteiger partial charge on any atom is -0.386 e. The number of nitrogens with zero attached hydrogens (tertiary/aromatic N) is 4. The zero-order chi connectivity index (χ0) is 27.4. The molecule has 2 N–H and O–H groups in total. The number of hydrogen-bond acceptors (Lipinski definition) is 6. The van der Waals surface area contributed by atoms with E-state index in [0.29, 0.717) is 0 Å². The molecule has 40 heavy (non-hydrogen) atoms. The summed E-state index contributed by atoms with van der Waals surface area (Å²) in [5.74, 6) is 0. The van der Waals surface area contributed by atoms with Gasteiger partial charge in [-0.15, -0.1) is 0 Å². The Balaban J connectivity index is 1.27. The second kappa shape index (κ2) is 14.3. The first-order valence-corrected chi connectivity index (χ1v) is 14.1. The highest BCUT2D eigenvalue weighted by atomic mass is 15.2. The molecule has 0 amide bonds. The Kier molecular flexibility index (Phi) is 9.82. The van der Waals surface area contributed by atoms with E-state index in [-0.39, 0.29) is 6.04 Å². The average molecular weight is 531 g/mol. The standard InChI is InChI=1S/C34H38N6/c1-35-32(29-9-3-2-4-10-29)25-36-21-22-40(33-14-7-11-30-12-8-20-39-34(30)33)26-28-17-15-27(16-18-28)23-37-24-31-13-5-6-19-38-31/h2-6,8-10,12-13,15-21,25,33,35,37H,7,11,14,22-24,26H2,1H3/b32-25-,36-21?. The van der Waals surface area contributed by atoms with Crippen LogP contribution in [0, 0.1) is 0 Å². The second-order valence-corrected chi connectivity index (χ2v) is 10.1. The number of rotatable bonds is 12. The smallest absolute Gasteiger partial charge is 0.0607 e. The predicted octanol–water partition coefficient (Wildman–Crippen LogP) is 5.93. The SMILES string of the molecule is CN/C(=C\N=CCN(Cc1ccc(CNCc2ccccn2)cc1)C1CCCc2cccnc21)c1ccccc1. The van der Waals surface area contributed by atoms with Gasteiger partial charge in [-0.05, 0) is 59.7 Å². The molecule has 0 fully saturated rings. The molecule has 6 heteroatoms. The van der Waals surface area contributed by atoms with Crippen molar-refractivity contribution in [3.05, 3.63) is 137 Å².